The Morgan fingerprint density at radius 3 is 2.67 bits per heavy atom. The summed E-state index contributed by atoms with van der Waals surface area (Å²) in [4.78, 5) is 0. The van der Waals surface area contributed by atoms with Crippen LogP contribution < -0.4 is 0 Å². The lowest BCUT2D eigenvalue weighted by molar-refractivity contribution is 0.186. The second kappa shape index (κ2) is 3.81. The Morgan fingerprint density at radius 2 is 2.00 bits per heavy atom. The minimum Gasteiger partial charge on any atom is -0.396 e. The minimum atomic E-state index is 0.403. The number of rotatable bonds is 1. The number of thioether (sulfide) groups is 2. The van der Waals surface area contributed by atoms with Gasteiger partial charge in [-0.2, -0.15) is 0 Å². The van der Waals surface area contributed by atoms with Gasteiger partial charge in [0.25, 0.3) is 0 Å². The molecule has 2 fully saturated rings. The summed E-state index contributed by atoms with van der Waals surface area (Å²) < 4.78 is 0.424. The van der Waals surface area contributed by atoms with Crippen LogP contribution in [0.2, 0.25) is 0 Å². The van der Waals surface area contributed by atoms with E-state index >= 15 is 0 Å². The highest BCUT2D eigenvalue weighted by molar-refractivity contribution is 8.21. The lowest BCUT2D eigenvalue weighted by Gasteiger charge is -2.38. The van der Waals surface area contributed by atoms with Gasteiger partial charge in [-0.25, -0.2) is 0 Å². The Kier molecular flexibility index (Phi) is 2.93. The number of hydrogen-bond acceptors (Lipinski definition) is 3. The molecule has 0 aromatic rings. The van der Waals surface area contributed by atoms with Gasteiger partial charge >= 0.3 is 0 Å². The molecule has 1 aliphatic heterocycles. The molecule has 1 spiro atoms. The number of aliphatic hydroxyl groups is 1. The van der Waals surface area contributed by atoms with E-state index < -0.39 is 0 Å². The SMILES string of the molecule is OCC1CCCCC12SCCS2. The molecule has 0 radical (unpaired) electrons. The predicted octanol–water partition coefficient (Wildman–Crippen LogP) is 2.35. The maximum Gasteiger partial charge on any atom is 0.0661 e. The standard InChI is InChI=1S/C9H16OS2/c10-7-8-3-1-2-4-9(8)11-5-6-12-9/h8,10H,1-7H2. The van der Waals surface area contributed by atoms with Gasteiger partial charge in [0.1, 0.15) is 0 Å². The average molecular weight is 204 g/mol. The van der Waals surface area contributed by atoms with Gasteiger partial charge in [0.2, 0.25) is 0 Å². The first-order valence-corrected chi connectivity index (χ1v) is 6.73. The first-order valence-electron chi connectivity index (χ1n) is 4.76. The Labute approximate surface area is 82.7 Å². The second-order valence-corrected chi connectivity index (χ2v) is 6.74. The monoisotopic (exact) mass is 204 g/mol. The van der Waals surface area contributed by atoms with Gasteiger partial charge in [-0.3, -0.25) is 0 Å². The fraction of sp³-hybridized carbons (Fsp3) is 1.00. The molecule has 2 aliphatic rings. The predicted molar refractivity (Wildman–Crippen MR) is 56.7 cm³/mol. The van der Waals surface area contributed by atoms with Crippen molar-refractivity contribution in [2.45, 2.75) is 29.8 Å². The lowest BCUT2D eigenvalue weighted by Crippen LogP contribution is -2.34. The molecule has 0 aromatic carbocycles. The molecule has 0 aromatic heterocycles. The zero-order valence-electron chi connectivity index (χ0n) is 7.29. The third-order valence-electron chi connectivity index (χ3n) is 2.95. The van der Waals surface area contributed by atoms with Crippen LogP contribution in [0.1, 0.15) is 25.7 Å². The zero-order chi connectivity index (χ0) is 8.44. The molecule has 2 rings (SSSR count). The van der Waals surface area contributed by atoms with Crippen molar-refractivity contribution in [3.8, 4) is 0 Å². The molecule has 0 amide bonds. The Morgan fingerprint density at radius 1 is 1.25 bits per heavy atom. The zero-order valence-corrected chi connectivity index (χ0v) is 8.92. The highest BCUT2D eigenvalue weighted by Crippen LogP contribution is 2.55. The third-order valence-corrected chi connectivity index (χ3v) is 6.78. The van der Waals surface area contributed by atoms with Crippen molar-refractivity contribution in [3.63, 3.8) is 0 Å². The van der Waals surface area contributed by atoms with Gasteiger partial charge in [0, 0.05) is 24.0 Å². The molecule has 1 N–H and O–H groups in total. The molecule has 70 valence electrons. The van der Waals surface area contributed by atoms with Gasteiger partial charge in [0.15, 0.2) is 0 Å². The molecule has 1 heterocycles. The average Bonchev–Trinajstić information content (AvgIpc) is 2.55. The summed E-state index contributed by atoms with van der Waals surface area (Å²) in [5, 5.41) is 9.29. The fourth-order valence-corrected chi connectivity index (χ4v) is 5.89. The molecule has 1 unspecified atom stereocenters. The van der Waals surface area contributed by atoms with E-state index in [1.807, 2.05) is 0 Å². The van der Waals surface area contributed by atoms with Gasteiger partial charge in [-0.1, -0.05) is 12.8 Å². The minimum absolute atomic E-state index is 0.403. The number of aliphatic hydroxyl groups excluding tert-OH is 1. The van der Waals surface area contributed by atoms with Crippen molar-refractivity contribution in [2.75, 3.05) is 18.1 Å². The van der Waals surface area contributed by atoms with Crippen LogP contribution in [0.4, 0.5) is 0 Å². The highest BCUT2D eigenvalue weighted by atomic mass is 32.2. The molecule has 1 saturated heterocycles. The summed E-state index contributed by atoms with van der Waals surface area (Å²) in [6, 6.07) is 0. The quantitative estimate of drug-likeness (QED) is 0.708. The van der Waals surface area contributed by atoms with E-state index in [1.54, 1.807) is 0 Å². The molecule has 1 aliphatic carbocycles. The van der Waals surface area contributed by atoms with Crippen LogP contribution in [-0.4, -0.2) is 27.3 Å². The molecular formula is C9H16OS2. The summed E-state index contributed by atoms with van der Waals surface area (Å²) in [7, 11) is 0. The molecule has 12 heavy (non-hydrogen) atoms. The van der Waals surface area contributed by atoms with Crippen molar-refractivity contribution < 1.29 is 5.11 Å². The molecule has 1 nitrogen and oxygen atoms in total. The molecule has 0 bridgehead atoms. The molecule has 3 heteroatoms. The van der Waals surface area contributed by atoms with Gasteiger partial charge in [-0.15, -0.1) is 23.5 Å². The Hall–Kier alpha value is 0.660. The summed E-state index contributed by atoms with van der Waals surface area (Å²) in [5.41, 5.74) is 0. The topological polar surface area (TPSA) is 20.2 Å². The van der Waals surface area contributed by atoms with Crippen LogP contribution in [0.25, 0.3) is 0 Å². The van der Waals surface area contributed by atoms with E-state index in [4.69, 9.17) is 0 Å². The number of hydrogen-bond donors (Lipinski definition) is 1. The first-order chi connectivity index (χ1) is 5.87. The van der Waals surface area contributed by atoms with Crippen molar-refractivity contribution in [1.82, 2.24) is 0 Å². The van der Waals surface area contributed by atoms with Gasteiger partial charge in [-0.05, 0) is 12.8 Å². The maximum atomic E-state index is 9.29. The largest absolute Gasteiger partial charge is 0.396 e. The van der Waals surface area contributed by atoms with Crippen molar-refractivity contribution >= 4 is 23.5 Å². The summed E-state index contributed by atoms with van der Waals surface area (Å²) in [5.74, 6) is 3.16. The van der Waals surface area contributed by atoms with E-state index in [-0.39, 0.29) is 0 Å². The fourth-order valence-electron chi connectivity index (χ4n) is 2.27. The summed E-state index contributed by atoms with van der Waals surface area (Å²) in [6.45, 7) is 0.403. The van der Waals surface area contributed by atoms with Crippen LogP contribution in [0.3, 0.4) is 0 Å². The molecule has 1 atom stereocenters. The van der Waals surface area contributed by atoms with Crippen LogP contribution in [-0.2, 0) is 0 Å². The van der Waals surface area contributed by atoms with E-state index in [0.717, 1.165) is 0 Å². The maximum absolute atomic E-state index is 9.29. The van der Waals surface area contributed by atoms with E-state index in [0.29, 0.717) is 16.6 Å². The van der Waals surface area contributed by atoms with Crippen molar-refractivity contribution in [3.05, 3.63) is 0 Å². The Bertz CT molecular complexity index is 155. The first kappa shape index (κ1) is 9.22. The van der Waals surface area contributed by atoms with Crippen LogP contribution in [0.15, 0.2) is 0 Å². The van der Waals surface area contributed by atoms with Crippen molar-refractivity contribution in [2.24, 2.45) is 5.92 Å². The van der Waals surface area contributed by atoms with Gasteiger partial charge in [0.05, 0.1) is 4.08 Å². The lowest BCUT2D eigenvalue weighted by atomic mass is 9.89. The summed E-state index contributed by atoms with van der Waals surface area (Å²) in [6.07, 6.45) is 5.27. The summed E-state index contributed by atoms with van der Waals surface area (Å²) >= 11 is 4.20. The smallest absolute Gasteiger partial charge is 0.0661 e. The van der Waals surface area contributed by atoms with Gasteiger partial charge < -0.3 is 5.11 Å². The normalized spacial score (nSPS) is 34.2. The van der Waals surface area contributed by atoms with Crippen LogP contribution in [0.5, 0.6) is 0 Å². The van der Waals surface area contributed by atoms with E-state index in [1.165, 1.54) is 37.2 Å². The second-order valence-electron chi connectivity index (χ2n) is 3.63. The molecule has 1 saturated carbocycles. The van der Waals surface area contributed by atoms with Crippen LogP contribution >= 0.6 is 23.5 Å². The molecular weight excluding hydrogens is 188 g/mol. The highest BCUT2D eigenvalue weighted by Gasteiger charge is 2.43. The third kappa shape index (κ3) is 1.51. The van der Waals surface area contributed by atoms with E-state index in [2.05, 4.69) is 23.5 Å². The van der Waals surface area contributed by atoms with E-state index in [9.17, 15) is 5.11 Å². The Balaban J connectivity index is 2.07. The van der Waals surface area contributed by atoms with Crippen molar-refractivity contribution in [1.29, 1.82) is 0 Å². The van der Waals surface area contributed by atoms with Crippen LogP contribution in [0, 0.1) is 5.92 Å².